The lowest BCUT2D eigenvalue weighted by Crippen LogP contribution is -2.32. The highest BCUT2D eigenvalue weighted by atomic mass is 32.2. The lowest BCUT2D eigenvalue weighted by molar-refractivity contribution is 0.252. The van der Waals surface area contributed by atoms with Gasteiger partial charge in [0.1, 0.15) is 0 Å². The SMILES string of the molecule is CSc1cccc(NC(=O)NC[C@H](c2ccccc2)c2c[nH]c3ccccc23)c1. The zero-order valence-corrected chi connectivity index (χ0v) is 17.0. The Kier molecular flexibility index (Phi) is 5.86. The third kappa shape index (κ3) is 4.46. The van der Waals surface area contributed by atoms with Crippen LogP contribution in [0, 0.1) is 0 Å². The maximum Gasteiger partial charge on any atom is 0.319 e. The molecule has 0 spiro atoms. The van der Waals surface area contributed by atoms with Crippen LogP contribution in [-0.4, -0.2) is 23.8 Å². The molecule has 0 saturated heterocycles. The molecule has 5 heteroatoms. The molecule has 1 aromatic heterocycles. The lowest BCUT2D eigenvalue weighted by atomic mass is 9.91. The standard InChI is InChI=1S/C24H23N3OS/c1-29-19-11-7-10-18(14-19)27-24(28)26-15-21(17-8-3-2-4-9-17)22-16-25-23-13-6-5-12-20(22)23/h2-14,16,21,25H,15H2,1H3,(H2,26,27,28)/t21-/m1/s1. The quantitative estimate of drug-likeness (QED) is 0.355. The Labute approximate surface area is 174 Å². The molecule has 0 saturated carbocycles. The molecule has 0 unspecified atom stereocenters. The second kappa shape index (κ2) is 8.88. The van der Waals surface area contributed by atoms with E-state index in [1.807, 2.05) is 67.0 Å². The number of anilines is 1. The number of aromatic amines is 1. The number of H-pyrrole nitrogens is 1. The average Bonchev–Trinajstić information content (AvgIpc) is 3.19. The summed E-state index contributed by atoms with van der Waals surface area (Å²) in [5, 5.41) is 7.16. The fourth-order valence-corrected chi connectivity index (χ4v) is 4.01. The normalized spacial score (nSPS) is 11.9. The second-order valence-electron chi connectivity index (χ2n) is 6.82. The van der Waals surface area contributed by atoms with Crippen LogP contribution in [0.2, 0.25) is 0 Å². The summed E-state index contributed by atoms with van der Waals surface area (Å²) < 4.78 is 0. The third-order valence-electron chi connectivity index (χ3n) is 4.99. The molecular formula is C24H23N3OS. The second-order valence-corrected chi connectivity index (χ2v) is 7.70. The zero-order valence-electron chi connectivity index (χ0n) is 16.2. The van der Waals surface area contributed by atoms with E-state index in [1.165, 1.54) is 16.5 Å². The summed E-state index contributed by atoms with van der Waals surface area (Å²) in [4.78, 5) is 17.0. The molecule has 146 valence electrons. The number of hydrogen-bond donors (Lipinski definition) is 3. The van der Waals surface area contributed by atoms with E-state index in [9.17, 15) is 4.79 Å². The lowest BCUT2D eigenvalue weighted by Gasteiger charge is -2.18. The topological polar surface area (TPSA) is 56.9 Å². The van der Waals surface area contributed by atoms with Crippen LogP contribution in [0.4, 0.5) is 10.5 Å². The van der Waals surface area contributed by atoms with E-state index < -0.39 is 0 Å². The van der Waals surface area contributed by atoms with Gasteiger partial charge in [-0.1, -0.05) is 54.6 Å². The van der Waals surface area contributed by atoms with Crippen molar-refractivity contribution in [2.75, 3.05) is 18.1 Å². The highest BCUT2D eigenvalue weighted by molar-refractivity contribution is 7.98. The molecule has 4 rings (SSSR count). The minimum Gasteiger partial charge on any atom is -0.361 e. The Bertz CT molecular complexity index is 1110. The van der Waals surface area contributed by atoms with Crippen LogP contribution in [0.3, 0.4) is 0 Å². The first-order valence-corrected chi connectivity index (χ1v) is 10.8. The van der Waals surface area contributed by atoms with E-state index in [4.69, 9.17) is 0 Å². The van der Waals surface area contributed by atoms with Crippen molar-refractivity contribution in [1.29, 1.82) is 0 Å². The number of thioether (sulfide) groups is 1. The van der Waals surface area contributed by atoms with E-state index in [0.717, 1.165) is 16.1 Å². The largest absolute Gasteiger partial charge is 0.361 e. The number of aromatic nitrogens is 1. The number of nitrogens with one attached hydrogen (secondary N) is 3. The Hall–Kier alpha value is -3.18. The highest BCUT2D eigenvalue weighted by Gasteiger charge is 2.19. The van der Waals surface area contributed by atoms with Gasteiger partial charge in [-0.25, -0.2) is 4.79 Å². The first-order chi connectivity index (χ1) is 14.2. The fraction of sp³-hybridized carbons (Fsp3) is 0.125. The van der Waals surface area contributed by atoms with Crippen molar-refractivity contribution in [3.63, 3.8) is 0 Å². The summed E-state index contributed by atoms with van der Waals surface area (Å²) in [5.74, 6) is 0.0515. The van der Waals surface area contributed by atoms with Gasteiger partial charge in [0.05, 0.1) is 0 Å². The predicted molar refractivity (Wildman–Crippen MR) is 122 cm³/mol. The molecule has 1 atom stereocenters. The molecule has 2 amide bonds. The predicted octanol–water partition coefficient (Wildman–Crippen LogP) is 5.84. The highest BCUT2D eigenvalue weighted by Crippen LogP contribution is 2.30. The van der Waals surface area contributed by atoms with Crippen LogP contribution in [0.1, 0.15) is 17.0 Å². The van der Waals surface area contributed by atoms with Gasteiger partial charge in [0.15, 0.2) is 0 Å². The monoisotopic (exact) mass is 401 g/mol. The molecule has 0 fully saturated rings. The van der Waals surface area contributed by atoms with E-state index in [2.05, 4.69) is 39.9 Å². The molecule has 0 aliphatic carbocycles. The first kappa shape index (κ1) is 19.2. The molecule has 3 N–H and O–H groups in total. The van der Waals surface area contributed by atoms with Crippen molar-refractivity contribution in [3.05, 3.63) is 96.2 Å². The van der Waals surface area contributed by atoms with Crippen LogP contribution in [0.25, 0.3) is 10.9 Å². The van der Waals surface area contributed by atoms with Gasteiger partial charge >= 0.3 is 6.03 Å². The van der Waals surface area contributed by atoms with Crippen molar-refractivity contribution < 1.29 is 4.79 Å². The molecular weight excluding hydrogens is 378 g/mol. The van der Waals surface area contributed by atoms with Crippen LogP contribution in [-0.2, 0) is 0 Å². The van der Waals surface area contributed by atoms with E-state index in [0.29, 0.717) is 6.54 Å². The van der Waals surface area contributed by atoms with Crippen LogP contribution < -0.4 is 10.6 Å². The van der Waals surface area contributed by atoms with E-state index in [1.54, 1.807) is 11.8 Å². The van der Waals surface area contributed by atoms with Gasteiger partial charge in [-0.2, -0.15) is 0 Å². The fourth-order valence-electron chi connectivity index (χ4n) is 3.55. The number of fused-ring (bicyclic) bond motifs is 1. The Morgan fingerprint density at radius 1 is 1.00 bits per heavy atom. The summed E-state index contributed by atoms with van der Waals surface area (Å²) in [6.45, 7) is 0.500. The minimum absolute atomic E-state index is 0.0515. The van der Waals surface area contributed by atoms with Gasteiger partial charge < -0.3 is 15.6 Å². The molecule has 4 aromatic rings. The minimum atomic E-state index is -0.205. The third-order valence-corrected chi connectivity index (χ3v) is 5.72. The number of carbonyl (C=O) groups is 1. The Morgan fingerprint density at radius 2 is 1.79 bits per heavy atom. The summed E-state index contributed by atoms with van der Waals surface area (Å²) >= 11 is 1.65. The first-order valence-electron chi connectivity index (χ1n) is 9.54. The number of rotatable bonds is 6. The van der Waals surface area contributed by atoms with E-state index in [-0.39, 0.29) is 11.9 Å². The molecule has 1 heterocycles. The van der Waals surface area contributed by atoms with Crippen LogP contribution in [0.15, 0.2) is 90.0 Å². The summed E-state index contributed by atoms with van der Waals surface area (Å²) in [6, 6.07) is 26.2. The van der Waals surface area contributed by atoms with Crippen molar-refractivity contribution >= 4 is 34.4 Å². The molecule has 0 bridgehead atoms. The van der Waals surface area contributed by atoms with Gasteiger partial charge in [-0.3, -0.25) is 0 Å². The van der Waals surface area contributed by atoms with Crippen molar-refractivity contribution in [1.82, 2.24) is 10.3 Å². The smallest absolute Gasteiger partial charge is 0.319 e. The molecule has 0 radical (unpaired) electrons. The number of para-hydroxylation sites is 1. The average molecular weight is 402 g/mol. The zero-order chi connectivity index (χ0) is 20.1. The van der Waals surface area contributed by atoms with Crippen molar-refractivity contribution in [2.45, 2.75) is 10.8 Å². The number of benzene rings is 3. The van der Waals surface area contributed by atoms with Gasteiger partial charge in [-0.05, 0) is 41.6 Å². The number of hydrogen-bond acceptors (Lipinski definition) is 2. The van der Waals surface area contributed by atoms with Crippen LogP contribution >= 0.6 is 11.8 Å². The van der Waals surface area contributed by atoms with Crippen molar-refractivity contribution in [3.8, 4) is 0 Å². The van der Waals surface area contributed by atoms with Gasteiger partial charge in [-0.15, -0.1) is 11.8 Å². The number of carbonyl (C=O) groups excluding carboxylic acids is 1. The number of amides is 2. The summed E-state index contributed by atoms with van der Waals surface area (Å²) in [6.07, 6.45) is 4.06. The Balaban J connectivity index is 1.54. The van der Waals surface area contributed by atoms with Gasteiger partial charge in [0.25, 0.3) is 0 Å². The van der Waals surface area contributed by atoms with Crippen LogP contribution in [0.5, 0.6) is 0 Å². The Morgan fingerprint density at radius 3 is 2.62 bits per heavy atom. The molecule has 3 aromatic carbocycles. The maximum atomic E-state index is 12.5. The summed E-state index contributed by atoms with van der Waals surface area (Å²) in [5.41, 5.74) is 4.23. The van der Waals surface area contributed by atoms with E-state index >= 15 is 0 Å². The molecule has 4 nitrogen and oxygen atoms in total. The van der Waals surface area contributed by atoms with Gasteiger partial charge in [0, 0.05) is 40.1 Å². The molecule has 0 aliphatic heterocycles. The van der Waals surface area contributed by atoms with Gasteiger partial charge in [0.2, 0.25) is 0 Å². The molecule has 29 heavy (non-hydrogen) atoms. The molecule has 0 aliphatic rings. The number of urea groups is 1. The maximum absolute atomic E-state index is 12.5. The summed E-state index contributed by atoms with van der Waals surface area (Å²) in [7, 11) is 0. The van der Waals surface area contributed by atoms with Crippen molar-refractivity contribution in [2.24, 2.45) is 0 Å².